The van der Waals surface area contributed by atoms with E-state index in [1.165, 1.54) is 27.5 Å². The van der Waals surface area contributed by atoms with Gasteiger partial charge in [-0.05, 0) is 30.5 Å². The smallest absolute Gasteiger partial charge is 0.350 e. The fourth-order valence-corrected chi connectivity index (χ4v) is 3.94. The number of aromatic nitrogens is 3. The highest BCUT2D eigenvalue weighted by Gasteiger charge is 2.35. The number of carbonyl (C=O) groups excluding carboxylic acids is 1. The van der Waals surface area contributed by atoms with Gasteiger partial charge in [-0.15, -0.1) is 5.10 Å². The van der Waals surface area contributed by atoms with Crippen molar-refractivity contribution in [2.24, 2.45) is 0 Å². The molecule has 1 aliphatic carbocycles. The van der Waals surface area contributed by atoms with Crippen molar-refractivity contribution in [2.45, 2.75) is 37.6 Å². The van der Waals surface area contributed by atoms with Crippen LogP contribution in [0.25, 0.3) is 5.65 Å². The Morgan fingerprint density at radius 3 is 2.54 bits per heavy atom. The van der Waals surface area contributed by atoms with E-state index < -0.39 is 0 Å². The lowest BCUT2D eigenvalue weighted by atomic mass is 9.79. The van der Waals surface area contributed by atoms with Gasteiger partial charge in [-0.25, -0.2) is 9.48 Å². The van der Waals surface area contributed by atoms with Gasteiger partial charge in [-0.2, -0.15) is 0 Å². The molecule has 1 N–H and O–H groups in total. The first-order chi connectivity index (χ1) is 12.7. The minimum atomic E-state index is -0.297. The fraction of sp³-hybridized carbons (Fsp3) is 0.350. The highest BCUT2D eigenvalue weighted by atomic mass is 16.2. The summed E-state index contributed by atoms with van der Waals surface area (Å²) < 4.78 is 2.66. The van der Waals surface area contributed by atoms with Crippen LogP contribution in [0.4, 0.5) is 0 Å². The maximum Gasteiger partial charge on any atom is 0.350 e. The number of carbonyl (C=O) groups is 1. The maximum absolute atomic E-state index is 12.5. The van der Waals surface area contributed by atoms with Crippen LogP contribution < -0.4 is 11.0 Å². The average molecular weight is 350 g/mol. The fourth-order valence-electron chi connectivity index (χ4n) is 3.94. The molecule has 6 heteroatoms. The number of fused-ring (bicyclic) bond motifs is 1. The molecule has 2 aromatic heterocycles. The summed E-state index contributed by atoms with van der Waals surface area (Å²) in [4.78, 5) is 24.7. The van der Waals surface area contributed by atoms with Crippen LogP contribution in [0.15, 0.2) is 59.5 Å². The van der Waals surface area contributed by atoms with Gasteiger partial charge in [0.25, 0.3) is 0 Å². The molecular weight excluding hydrogens is 328 g/mol. The number of amides is 1. The van der Waals surface area contributed by atoms with Gasteiger partial charge >= 0.3 is 5.69 Å². The number of hydrogen-bond donors (Lipinski definition) is 1. The Hall–Kier alpha value is -2.89. The molecule has 1 amide bonds. The van der Waals surface area contributed by atoms with E-state index in [0.29, 0.717) is 12.2 Å². The lowest BCUT2D eigenvalue weighted by Crippen LogP contribution is -2.41. The zero-order valence-corrected chi connectivity index (χ0v) is 14.6. The van der Waals surface area contributed by atoms with E-state index in [-0.39, 0.29) is 23.6 Å². The van der Waals surface area contributed by atoms with Crippen molar-refractivity contribution >= 4 is 11.6 Å². The van der Waals surface area contributed by atoms with Gasteiger partial charge in [0, 0.05) is 18.2 Å². The third-order valence-corrected chi connectivity index (χ3v) is 5.35. The van der Waals surface area contributed by atoms with Gasteiger partial charge < -0.3 is 5.32 Å². The summed E-state index contributed by atoms with van der Waals surface area (Å²) in [6.07, 6.45) is 6.16. The van der Waals surface area contributed by atoms with Crippen molar-refractivity contribution in [1.29, 1.82) is 0 Å². The second-order valence-corrected chi connectivity index (χ2v) is 7.00. The third kappa shape index (κ3) is 3.03. The molecule has 0 spiro atoms. The number of rotatable bonds is 5. The summed E-state index contributed by atoms with van der Waals surface area (Å²) in [5, 5.41) is 7.25. The number of pyridine rings is 1. The minimum Gasteiger partial charge on any atom is -0.354 e. The number of nitrogens with zero attached hydrogens (tertiary/aromatic N) is 3. The normalized spacial score (nSPS) is 16.0. The van der Waals surface area contributed by atoms with Crippen LogP contribution in [-0.2, 0) is 16.8 Å². The molecule has 0 bridgehead atoms. The lowest BCUT2D eigenvalue weighted by molar-refractivity contribution is -0.122. The Morgan fingerprint density at radius 2 is 1.81 bits per heavy atom. The molecule has 0 aliphatic heterocycles. The van der Waals surface area contributed by atoms with Crippen LogP contribution in [0, 0.1) is 0 Å². The van der Waals surface area contributed by atoms with Gasteiger partial charge in [0.15, 0.2) is 5.65 Å². The first kappa shape index (κ1) is 16.6. The van der Waals surface area contributed by atoms with Gasteiger partial charge in [-0.1, -0.05) is 49.2 Å². The van der Waals surface area contributed by atoms with Gasteiger partial charge in [0.1, 0.15) is 6.54 Å². The van der Waals surface area contributed by atoms with Gasteiger partial charge in [0.2, 0.25) is 5.91 Å². The number of nitrogens with one attached hydrogen (secondary N) is 1. The van der Waals surface area contributed by atoms with Crippen molar-refractivity contribution in [2.75, 3.05) is 6.54 Å². The second-order valence-electron chi connectivity index (χ2n) is 7.00. The summed E-state index contributed by atoms with van der Waals surface area (Å²) in [5.41, 5.74) is 1.53. The molecule has 0 unspecified atom stereocenters. The molecular formula is C20H22N4O2. The molecule has 2 heterocycles. The topological polar surface area (TPSA) is 68.4 Å². The Bertz CT molecular complexity index is 968. The Labute approximate surface area is 151 Å². The third-order valence-electron chi connectivity index (χ3n) is 5.35. The summed E-state index contributed by atoms with van der Waals surface area (Å²) in [5.74, 6) is -0.183. The van der Waals surface area contributed by atoms with Gasteiger partial charge in [0.05, 0.1) is 0 Å². The number of benzene rings is 1. The Kier molecular flexibility index (Phi) is 4.32. The minimum absolute atomic E-state index is 0.000788. The van der Waals surface area contributed by atoms with Crippen molar-refractivity contribution in [3.63, 3.8) is 0 Å². The standard InChI is InChI=1S/C20H22N4O2/c25-18(14-24-19(26)23-13-7-4-10-17(23)22-24)21-15-20(11-5-6-12-20)16-8-2-1-3-9-16/h1-4,7-10,13H,5-6,11-12,14-15H2,(H,21,25). The molecule has 134 valence electrons. The zero-order valence-electron chi connectivity index (χ0n) is 14.6. The van der Waals surface area contributed by atoms with E-state index in [2.05, 4.69) is 22.5 Å². The summed E-state index contributed by atoms with van der Waals surface area (Å²) >= 11 is 0. The van der Waals surface area contributed by atoms with Crippen molar-refractivity contribution in [1.82, 2.24) is 19.5 Å². The van der Waals surface area contributed by atoms with E-state index in [9.17, 15) is 9.59 Å². The highest BCUT2D eigenvalue weighted by molar-refractivity contribution is 5.75. The van der Waals surface area contributed by atoms with Crippen LogP contribution in [0.3, 0.4) is 0 Å². The largest absolute Gasteiger partial charge is 0.354 e. The molecule has 0 radical (unpaired) electrons. The maximum atomic E-state index is 12.5. The molecule has 0 atom stereocenters. The van der Waals surface area contributed by atoms with E-state index in [1.807, 2.05) is 24.3 Å². The molecule has 26 heavy (non-hydrogen) atoms. The Morgan fingerprint density at radius 1 is 1.08 bits per heavy atom. The molecule has 1 aliphatic rings. The van der Waals surface area contributed by atoms with Crippen LogP contribution >= 0.6 is 0 Å². The molecule has 4 rings (SSSR count). The van der Waals surface area contributed by atoms with E-state index >= 15 is 0 Å². The molecule has 1 aromatic carbocycles. The average Bonchev–Trinajstić information content (AvgIpc) is 3.28. The van der Waals surface area contributed by atoms with Crippen LogP contribution in [-0.4, -0.2) is 26.6 Å². The predicted octanol–water partition coefficient (Wildman–Crippen LogP) is 2.12. The quantitative estimate of drug-likeness (QED) is 0.766. The highest BCUT2D eigenvalue weighted by Crippen LogP contribution is 2.40. The zero-order chi connectivity index (χ0) is 18.0. The molecule has 3 aromatic rings. The van der Waals surface area contributed by atoms with E-state index in [1.54, 1.807) is 18.3 Å². The van der Waals surface area contributed by atoms with E-state index in [0.717, 1.165) is 12.8 Å². The molecule has 0 saturated heterocycles. The second kappa shape index (κ2) is 6.78. The summed E-state index contributed by atoms with van der Waals surface area (Å²) in [6.45, 7) is 0.531. The first-order valence-corrected chi connectivity index (χ1v) is 9.04. The van der Waals surface area contributed by atoms with Gasteiger partial charge in [-0.3, -0.25) is 9.20 Å². The molecule has 1 saturated carbocycles. The van der Waals surface area contributed by atoms with Crippen molar-refractivity contribution < 1.29 is 4.79 Å². The van der Waals surface area contributed by atoms with Crippen LogP contribution in [0.5, 0.6) is 0 Å². The van der Waals surface area contributed by atoms with Crippen molar-refractivity contribution in [3.05, 3.63) is 70.8 Å². The van der Waals surface area contributed by atoms with E-state index in [4.69, 9.17) is 0 Å². The molecule has 1 fully saturated rings. The summed E-state index contributed by atoms with van der Waals surface area (Å²) in [7, 11) is 0. The van der Waals surface area contributed by atoms with Crippen molar-refractivity contribution in [3.8, 4) is 0 Å². The first-order valence-electron chi connectivity index (χ1n) is 9.04. The Balaban J connectivity index is 1.47. The number of hydrogen-bond acceptors (Lipinski definition) is 3. The van der Waals surface area contributed by atoms with Crippen LogP contribution in [0.2, 0.25) is 0 Å². The molecule has 6 nitrogen and oxygen atoms in total. The monoisotopic (exact) mass is 350 g/mol. The summed E-state index contributed by atoms with van der Waals surface area (Å²) in [6, 6.07) is 15.7. The lowest BCUT2D eigenvalue weighted by Gasteiger charge is -2.30. The van der Waals surface area contributed by atoms with Crippen LogP contribution in [0.1, 0.15) is 31.2 Å². The SMILES string of the molecule is O=C(Cn1nc2ccccn2c1=O)NCC1(c2ccccc2)CCCC1. The predicted molar refractivity (Wildman–Crippen MR) is 99.0 cm³/mol.